The van der Waals surface area contributed by atoms with Crippen LogP contribution in [-0.2, 0) is 33.9 Å². The van der Waals surface area contributed by atoms with Crippen LogP contribution in [0.2, 0.25) is 0 Å². The molecule has 0 N–H and O–H groups in total. The van der Waals surface area contributed by atoms with Gasteiger partial charge in [-0.2, -0.15) is 30.4 Å². The fraction of sp³-hybridized carbons (Fsp3) is 0. The van der Waals surface area contributed by atoms with Crippen molar-refractivity contribution in [2.45, 2.75) is 0 Å². The number of hydrogen-bond acceptors (Lipinski definition) is 3. The maximum absolute atomic E-state index is 7.75. The average Bonchev–Trinajstić information content (AvgIpc) is 2.26. The summed E-state index contributed by atoms with van der Waals surface area (Å²) in [5.74, 6) is 0. The number of hydrogen-bond donors (Lipinski definition) is 0. The van der Waals surface area contributed by atoms with E-state index in [2.05, 4.69) is 26.4 Å². The topological polar surface area (TPSA) is 51.2 Å². The molecule has 0 saturated carbocycles. The van der Waals surface area contributed by atoms with E-state index in [9.17, 15) is 0 Å². The first-order valence-electron chi connectivity index (χ1n) is 3.28. The molecule has 0 aliphatic heterocycles. The summed E-state index contributed by atoms with van der Waals surface area (Å²) in [6.07, 6.45) is 16.5. The molecule has 0 aromatic heterocycles. The van der Waals surface area contributed by atoms with Crippen LogP contribution in [0.4, 0.5) is 0 Å². The predicted octanol–water partition coefficient (Wildman–Crippen LogP) is 1.20. The molecule has 4 heteroatoms. The molecule has 0 atom stereocenters. The van der Waals surface area contributed by atoms with Gasteiger partial charge in [-0.05, 0) is 0 Å². The van der Waals surface area contributed by atoms with E-state index < -0.39 is 0 Å². The summed E-state index contributed by atoms with van der Waals surface area (Å²) in [5.41, 5.74) is 0. The van der Waals surface area contributed by atoms with Crippen molar-refractivity contribution in [3.05, 3.63) is 48.6 Å². The van der Waals surface area contributed by atoms with E-state index in [0.29, 0.717) is 0 Å². The normalized spacial score (nSPS) is 9.33. The number of rotatable bonds is 0. The van der Waals surface area contributed by atoms with Crippen molar-refractivity contribution < 1.29 is 33.9 Å². The van der Waals surface area contributed by atoms with Crippen LogP contribution < -0.4 is 0 Å². The third-order valence-electron chi connectivity index (χ3n) is 0.829. The van der Waals surface area contributed by atoms with Crippen LogP contribution >= 0.6 is 0 Å². The Morgan fingerprint density at radius 3 is 1.60 bits per heavy atom. The van der Waals surface area contributed by atoms with Gasteiger partial charge in [0.05, 0.1) is 0 Å². The molecule has 0 unspecified atom stereocenters. The third-order valence-corrected chi connectivity index (χ3v) is 0.829. The van der Waals surface area contributed by atoms with E-state index in [0.717, 1.165) is 0 Å². The van der Waals surface area contributed by atoms with E-state index in [4.69, 9.17) is 14.4 Å². The zero-order chi connectivity index (χ0) is 11.7. The molecule has 0 heterocycles. The maximum Gasteiger partial charge on any atom is 4.00 e. The monoisotopic (exact) mass is 292 g/mol. The summed E-state index contributed by atoms with van der Waals surface area (Å²) in [7, 11) is 0. The Morgan fingerprint density at radius 1 is 0.667 bits per heavy atom. The van der Waals surface area contributed by atoms with Gasteiger partial charge in [-0.1, -0.05) is 6.08 Å². The zero-order valence-corrected chi connectivity index (χ0v) is 9.59. The van der Waals surface area contributed by atoms with Gasteiger partial charge in [0.25, 0.3) is 0 Å². The molecule has 0 amide bonds. The molecule has 1 rings (SSSR count). The Kier molecular flexibility index (Phi) is 60.8. The van der Waals surface area contributed by atoms with Gasteiger partial charge in [0, 0.05) is 0 Å². The first kappa shape index (κ1) is 23.4. The Hall–Kier alpha value is -1.41. The molecule has 80 valence electrons. The SMILES string of the molecule is [C-]1=CC=CC=CC=C1.[CH-]=O.[CH-]=O.[CH-]=O.[Ru+4]. The van der Waals surface area contributed by atoms with E-state index in [1.807, 2.05) is 42.5 Å². The van der Waals surface area contributed by atoms with Crippen molar-refractivity contribution in [3.8, 4) is 0 Å². The molecule has 1 aliphatic carbocycles. The summed E-state index contributed by atoms with van der Waals surface area (Å²) in [6.45, 7) is 9.75. The Labute approximate surface area is 103 Å². The van der Waals surface area contributed by atoms with Crippen LogP contribution in [0.15, 0.2) is 42.5 Å². The predicted molar refractivity (Wildman–Crippen MR) is 55.5 cm³/mol. The van der Waals surface area contributed by atoms with Crippen LogP contribution in [0, 0.1) is 6.08 Å². The maximum atomic E-state index is 7.75. The van der Waals surface area contributed by atoms with E-state index in [1.165, 1.54) is 0 Å². The molecule has 0 bridgehead atoms. The first-order chi connectivity index (χ1) is 7.00. The number of carbonyl (C=O) groups excluding carboxylic acids is 3. The molecule has 0 spiro atoms. The second kappa shape index (κ2) is 38.9. The molecule has 0 aromatic carbocycles. The summed E-state index contributed by atoms with van der Waals surface area (Å²) in [6, 6.07) is 0. The molecular formula is C11H10O3Ru. The minimum absolute atomic E-state index is 0. The largest absolute Gasteiger partial charge is 4.00 e. The minimum Gasteiger partial charge on any atom is -0.545 e. The van der Waals surface area contributed by atoms with Gasteiger partial charge in [0.1, 0.15) is 0 Å². The number of allylic oxidation sites excluding steroid dienone is 8. The van der Waals surface area contributed by atoms with E-state index in [-0.39, 0.29) is 19.5 Å². The molecule has 1 aliphatic rings. The molecule has 0 saturated heterocycles. The van der Waals surface area contributed by atoms with Gasteiger partial charge in [0.2, 0.25) is 0 Å². The molecule has 0 aromatic rings. The van der Waals surface area contributed by atoms with Crippen molar-refractivity contribution in [1.29, 1.82) is 0 Å². The Balaban J connectivity index is -0.0000000755. The molecular weight excluding hydrogens is 281 g/mol. The van der Waals surface area contributed by atoms with Crippen LogP contribution in [0.1, 0.15) is 0 Å². The van der Waals surface area contributed by atoms with Gasteiger partial charge in [-0.25, -0.2) is 0 Å². The van der Waals surface area contributed by atoms with Crippen molar-refractivity contribution in [2.75, 3.05) is 0 Å². The van der Waals surface area contributed by atoms with E-state index >= 15 is 0 Å². The summed E-state index contributed by atoms with van der Waals surface area (Å²) >= 11 is 0. The van der Waals surface area contributed by atoms with Gasteiger partial charge in [0.15, 0.2) is 0 Å². The average molecular weight is 291 g/mol. The molecule has 0 radical (unpaired) electrons. The first-order valence-corrected chi connectivity index (χ1v) is 3.28. The van der Waals surface area contributed by atoms with Crippen molar-refractivity contribution in [2.24, 2.45) is 0 Å². The van der Waals surface area contributed by atoms with Crippen LogP contribution in [-0.4, -0.2) is 20.4 Å². The zero-order valence-electron chi connectivity index (χ0n) is 7.85. The van der Waals surface area contributed by atoms with Crippen molar-refractivity contribution >= 4 is 20.4 Å². The van der Waals surface area contributed by atoms with Gasteiger partial charge in [-0.15, -0.1) is 12.2 Å². The molecule has 3 nitrogen and oxygen atoms in total. The quantitative estimate of drug-likeness (QED) is 0.383. The summed E-state index contributed by atoms with van der Waals surface area (Å²) < 4.78 is 0. The fourth-order valence-electron chi connectivity index (χ4n) is 0.470. The third kappa shape index (κ3) is 32.5. The minimum atomic E-state index is 0. The fourth-order valence-corrected chi connectivity index (χ4v) is 0.470. The van der Waals surface area contributed by atoms with Crippen LogP contribution in [0.25, 0.3) is 0 Å². The molecule has 15 heavy (non-hydrogen) atoms. The smallest absolute Gasteiger partial charge is 0.545 e. The van der Waals surface area contributed by atoms with Gasteiger partial charge in [-0.3, -0.25) is 20.4 Å². The van der Waals surface area contributed by atoms with Crippen LogP contribution in [0.5, 0.6) is 0 Å². The Bertz CT molecular complexity index is 147. The van der Waals surface area contributed by atoms with Crippen molar-refractivity contribution in [1.82, 2.24) is 0 Å². The molecule has 0 fully saturated rings. The summed E-state index contributed by atoms with van der Waals surface area (Å²) in [5, 5.41) is 0. The standard InChI is InChI=1S/C8H7.3CHO.Ru/c1-2-4-6-8-7-5-3-1;3*1-2;/h1-7H;3*1H;/q4*-1;+4. The van der Waals surface area contributed by atoms with E-state index in [1.54, 1.807) is 0 Å². The second-order valence-corrected chi connectivity index (χ2v) is 1.46. The second-order valence-electron chi connectivity index (χ2n) is 1.46. The Morgan fingerprint density at radius 2 is 1.07 bits per heavy atom. The van der Waals surface area contributed by atoms with Gasteiger partial charge < -0.3 is 14.4 Å². The van der Waals surface area contributed by atoms with Gasteiger partial charge >= 0.3 is 19.5 Å². The van der Waals surface area contributed by atoms with Crippen molar-refractivity contribution in [3.63, 3.8) is 0 Å². The summed E-state index contributed by atoms with van der Waals surface area (Å²) in [4.78, 5) is 23.2. The van der Waals surface area contributed by atoms with Crippen LogP contribution in [0.3, 0.4) is 0 Å².